The Labute approximate surface area is 143 Å². The number of nitrogens with zero attached hydrogens (tertiary/aromatic N) is 1. The third-order valence-electron chi connectivity index (χ3n) is 3.75. The first-order valence-electron chi connectivity index (χ1n) is 8.11. The van der Waals surface area contributed by atoms with Crippen LogP contribution in [0.4, 0.5) is 11.4 Å². The fraction of sp³-hybridized carbons (Fsp3) is 0.316. The van der Waals surface area contributed by atoms with Crippen molar-refractivity contribution in [2.75, 3.05) is 24.3 Å². The van der Waals surface area contributed by atoms with Gasteiger partial charge in [0.25, 0.3) is 0 Å². The summed E-state index contributed by atoms with van der Waals surface area (Å²) in [4.78, 5) is 4.47. The first-order valence-corrected chi connectivity index (χ1v) is 8.11. The number of hydrogen-bond acceptors (Lipinski definition) is 3. The molecule has 1 atom stereocenters. The largest absolute Gasteiger partial charge is 0.497 e. The molecule has 2 aromatic rings. The highest BCUT2D eigenvalue weighted by Crippen LogP contribution is 2.15. The van der Waals surface area contributed by atoms with Crippen molar-refractivity contribution in [1.29, 1.82) is 0 Å². The third kappa shape index (κ3) is 5.50. The number of hydrogen-bond donors (Lipinski definition) is 3. The summed E-state index contributed by atoms with van der Waals surface area (Å²) in [6, 6.07) is 17.9. The van der Waals surface area contributed by atoms with Gasteiger partial charge in [-0.15, -0.1) is 0 Å². The van der Waals surface area contributed by atoms with Crippen LogP contribution < -0.4 is 21.1 Å². The van der Waals surface area contributed by atoms with Gasteiger partial charge in [-0.2, -0.15) is 0 Å². The highest BCUT2D eigenvalue weighted by molar-refractivity contribution is 5.92. The van der Waals surface area contributed by atoms with Crippen LogP contribution in [0.3, 0.4) is 0 Å². The first kappa shape index (κ1) is 17.7. The normalized spacial score (nSPS) is 12.8. The van der Waals surface area contributed by atoms with Crippen LogP contribution >= 0.6 is 0 Å². The van der Waals surface area contributed by atoms with Gasteiger partial charge in [-0.05, 0) is 42.3 Å². The Morgan fingerprint density at radius 1 is 1.04 bits per heavy atom. The molecule has 0 saturated heterocycles. The summed E-state index contributed by atoms with van der Waals surface area (Å²) in [6.07, 6.45) is 0. The van der Waals surface area contributed by atoms with Crippen LogP contribution in [0.2, 0.25) is 0 Å². The van der Waals surface area contributed by atoms with Gasteiger partial charge in [0.05, 0.1) is 13.7 Å². The summed E-state index contributed by atoms with van der Waals surface area (Å²) in [7, 11) is 1.64. The quantitative estimate of drug-likeness (QED) is 0.537. The maximum absolute atomic E-state index is 6.00. The van der Waals surface area contributed by atoms with E-state index in [1.165, 1.54) is 0 Å². The van der Waals surface area contributed by atoms with Crippen LogP contribution in [-0.2, 0) is 0 Å². The van der Waals surface area contributed by atoms with Gasteiger partial charge in [-0.3, -0.25) is 4.99 Å². The molecule has 0 aliphatic carbocycles. The molecule has 0 bridgehead atoms. The Morgan fingerprint density at radius 2 is 1.71 bits per heavy atom. The molecular formula is C19H26N4O. The minimum Gasteiger partial charge on any atom is -0.497 e. The second kappa shape index (κ2) is 8.82. The van der Waals surface area contributed by atoms with Crippen LogP contribution in [-0.4, -0.2) is 25.7 Å². The summed E-state index contributed by atoms with van der Waals surface area (Å²) in [6.45, 7) is 4.94. The third-order valence-corrected chi connectivity index (χ3v) is 3.75. The van der Waals surface area contributed by atoms with Crippen LogP contribution in [0.5, 0.6) is 5.75 Å². The van der Waals surface area contributed by atoms with E-state index in [0.717, 1.165) is 17.1 Å². The van der Waals surface area contributed by atoms with E-state index in [4.69, 9.17) is 10.5 Å². The van der Waals surface area contributed by atoms with Crippen molar-refractivity contribution in [2.24, 2.45) is 16.6 Å². The molecule has 0 spiro atoms. The zero-order chi connectivity index (χ0) is 17.4. The average Bonchev–Trinajstić information content (AvgIpc) is 2.60. The number of nitrogens with one attached hydrogen (secondary N) is 2. The lowest BCUT2D eigenvalue weighted by Gasteiger charge is -2.22. The highest BCUT2D eigenvalue weighted by atomic mass is 16.5. The molecule has 0 saturated carbocycles. The van der Waals surface area contributed by atoms with Gasteiger partial charge in [-0.1, -0.05) is 32.0 Å². The number of benzene rings is 2. The first-order chi connectivity index (χ1) is 11.6. The van der Waals surface area contributed by atoms with Crippen LogP contribution in [0.15, 0.2) is 59.6 Å². The standard InChI is InChI=1S/C19H26N4O/c1-14(2)18(22-15-7-5-4-6-8-15)13-21-19(20)23-16-9-11-17(24-3)12-10-16/h4-12,14,18,22H,13H2,1-3H3,(H3,20,21,23). The van der Waals surface area contributed by atoms with Crippen molar-refractivity contribution in [3.8, 4) is 5.75 Å². The number of aliphatic imine (C=N–C) groups is 1. The predicted octanol–water partition coefficient (Wildman–Crippen LogP) is 3.56. The molecular weight excluding hydrogens is 300 g/mol. The fourth-order valence-corrected chi connectivity index (χ4v) is 2.23. The lowest BCUT2D eigenvalue weighted by molar-refractivity contribution is 0.415. The van der Waals surface area contributed by atoms with Gasteiger partial charge in [0.1, 0.15) is 5.75 Å². The van der Waals surface area contributed by atoms with Crippen molar-refractivity contribution in [2.45, 2.75) is 19.9 Å². The smallest absolute Gasteiger partial charge is 0.193 e. The summed E-state index contributed by atoms with van der Waals surface area (Å²) in [5, 5.41) is 6.60. The topological polar surface area (TPSA) is 71.7 Å². The number of para-hydroxylation sites is 1. The molecule has 0 fully saturated rings. The van der Waals surface area contributed by atoms with Gasteiger partial charge in [0.15, 0.2) is 5.96 Å². The van der Waals surface area contributed by atoms with E-state index in [2.05, 4.69) is 41.6 Å². The van der Waals surface area contributed by atoms with Gasteiger partial charge in [0.2, 0.25) is 0 Å². The second-order valence-electron chi connectivity index (χ2n) is 5.94. The highest BCUT2D eigenvalue weighted by Gasteiger charge is 2.12. The van der Waals surface area contributed by atoms with Crippen molar-refractivity contribution in [1.82, 2.24) is 0 Å². The Morgan fingerprint density at radius 3 is 2.29 bits per heavy atom. The zero-order valence-corrected chi connectivity index (χ0v) is 14.5. The Balaban J connectivity index is 1.94. The molecule has 0 heterocycles. The number of methoxy groups -OCH3 is 1. The van der Waals surface area contributed by atoms with E-state index in [0.29, 0.717) is 18.4 Å². The Hall–Kier alpha value is -2.69. The molecule has 24 heavy (non-hydrogen) atoms. The van der Waals surface area contributed by atoms with E-state index in [-0.39, 0.29) is 6.04 Å². The van der Waals surface area contributed by atoms with Crippen molar-refractivity contribution >= 4 is 17.3 Å². The molecule has 0 aliphatic rings. The van der Waals surface area contributed by atoms with Crippen LogP contribution in [0.1, 0.15) is 13.8 Å². The van der Waals surface area contributed by atoms with E-state index in [1.807, 2.05) is 42.5 Å². The van der Waals surface area contributed by atoms with Crippen molar-refractivity contribution in [3.05, 3.63) is 54.6 Å². The monoisotopic (exact) mass is 326 g/mol. The predicted molar refractivity (Wildman–Crippen MR) is 102 cm³/mol. The van der Waals surface area contributed by atoms with E-state index >= 15 is 0 Å². The van der Waals surface area contributed by atoms with Crippen LogP contribution in [0, 0.1) is 5.92 Å². The molecule has 0 amide bonds. The van der Waals surface area contributed by atoms with Crippen molar-refractivity contribution < 1.29 is 4.74 Å². The van der Waals surface area contributed by atoms with Gasteiger partial charge >= 0.3 is 0 Å². The molecule has 0 aliphatic heterocycles. The summed E-state index contributed by atoms with van der Waals surface area (Å²) < 4.78 is 5.14. The second-order valence-corrected chi connectivity index (χ2v) is 5.94. The van der Waals surface area contributed by atoms with E-state index < -0.39 is 0 Å². The molecule has 5 nitrogen and oxygen atoms in total. The molecule has 4 N–H and O–H groups in total. The molecule has 128 valence electrons. The van der Waals surface area contributed by atoms with Gasteiger partial charge < -0.3 is 21.1 Å². The average molecular weight is 326 g/mol. The Kier molecular flexibility index (Phi) is 6.49. The van der Waals surface area contributed by atoms with E-state index in [9.17, 15) is 0 Å². The lowest BCUT2D eigenvalue weighted by atomic mass is 10.0. The number of rotatable bonds is 7. The number of nitrogens with two attached hydrogens (primary N) is 1. The summed E-state index contributed by atoms with van der Waals surface area (Å²) in [5.74, 6) is 1.64. The number of anilines is 2. The SMILES string of the molecule is COc1ccc(NC(N)=NCC(Nc2ccccc2)C(C)C)cc1. The minimum absolute atomic E-state index is 0.212. The molecule has 5 heteroatoms. The summed E-state index contributed by atoms with van der Waals surface area (Å²) in [5.41, 5.74) is 7.97. The van der Waals surface area contributed by atoms with E-state index in [1.54, 1.807) is 7.11 Å². The summed E-state index contributed by atoms with van der Waals surface area (Å²) >= 11 is 0. The van der Waals surface area contributed by atoms with Gasteiger partial charge in [0, 0.05) is 17.4 Å². The van der Waals surface area contributed by atoms with Crippen LogP contribution in [0.25, 0.3) is 0 Å². The van der Waals surface area contributed by atoms with Crippen molar-refractivity contribution in [3.63, 3.8) is 0 Å². The molecule has 2 aromatic carbocycles. The molecule has 2 rings (SSSR count). The maximum atomic E-state index is 6.00. The van der Waals surface area contributed by atoms with Gasteiger partial charge in [-0.25, -0.2) is 0 Å². The molecule has 1 unspecified atom stereocenters. The number of ether oxygens (including phenoxy) is 1. The molecule has 0 aromatic heterocycles. The fourth-order valence-electron chi connectivity index (χ4n) is 2.23. The minimum atomic E-state index is 0.212. The maximum Gasteiger partial charge on any atom is 0.193 e. The molecule has 0 radical (unpaired) electrons. The lowest BCUT2D eigenvalue weighted by Crippen LogP contribution is -2.31. The number of guanidine groups is 1. The zero-order valence-electron chi connectivity index (χ0n) is 14.5. The Bertz CT molecular complexity index is 638.